The molecular weight excluding hydrogens is 348 g/mol. The highest BCUT2D eigenvalue weighted by Gasteiger charge is 2.27. The van der Waals surface area contributed by atoms with Gasteiger partial charge in [-0.15, -0.1) is 0 Å². The molecule has 1 aromatic carbocycles. The van der Waals surface area contributed by atoms with Crippen molar-refractivity contribution < 1.29 is 8.78 Å². The van der Waals surface area contributed by atoms with Gasteiger partial charge in [-0.1, -0.05) is 25.7 Å². The predicted octanol–water partition coefficient (Wildman–Crippen LogP) is 3.44. The third-order valence-electron chi connectivity index (χ3n) is 4.81. The van der Waals surface area contributed by atoms with Gasteiger partial charge in [0.05, 0.1) is 22.7 Å². The number of rotatable bonds is 0. The topological polar surface area (TPSA) is 47.8 Å². The van der Waals surface area contributed by atoms with Crippen molar-refractivity contribution >= 4 is 10.9 Å². The molecule has 0 unspecified atom stereocenters. The molecule has 4 rings (SSSR count). The Balaban J connectivity index is 1.77. The second-order valence-corrected chi connectivity index (χ2v) is 7.55. The lowest BCUT2D eigenvalue weighted by atomic mass is 9.85. The van der Waals surface area contributed by atoms with Crippen molar-refractivity contribution in [2.75, 3.05) is 0 Å². The van der Waals surface area contributed by atoms with Crippen LogP contribution in [0.5, 0.6) is 0 Å². The van der Waals surface area contributed by atoms with Gasteiger partial charge in [0.2, 0.25) is 5.95 Å². The lowest BCUT2D eigenvalue weighted by Crippen LogP contribution is -2.36. The minimum Gasteiger partial charge on any atom is -0.296 e. The van der Waals surface area contributed by atoms with Crippen LogP contribution in [0.3, 0.4) is 0 Å². The SMILES string of the molecule is CC1(C)CCc2nc3cc(C#Cc4cc(F)ncc4F)ccc3c(=O)n2C1. The number of aromatic nitrogens is 3. The quantitative estimate of drug-likeness (QED) is 0.453. The summed E-state index contributed by atoms with van der Waals surface area (Å²) in [5.74, 6) is 4.71. The van der Waals surface area contributed by atoms with Crippen LogP contribution in [-0.4, -0.2) is 14.5 Å². The molecule has 3 aromatic rings. The third kappa shape index (κ3) is 3.33. The lowest BCUT2D eigenvalue weighted by Gasteiger charge is -2.31. The standard InChI is InChI=1S/C21H17F2N3O/c1-21(2)8-7-19-25-17-9-13(4-6-15(17)20(27)26(19)12-21)3-5-14-10-18(23)24-11-16(14)22/h4,6,9-11H,7-8,12H2,1-2H3. The van der Waals surface area contributed by atoms with Gasteiger partial charge in [0.25, 0.3) is 5.56 Å². The zero-order valence-corrected chi connectivity index (χ0v) is 15.0. The monoisotopic (exact) mass is 365 g/mol. The number of fused-ring (bicyclic) bond motifs is 2. The van der Waals surface area contributed by atoms with Gasteiger partial charge >= 0.3 is 0 Å². The maximum atomic E-state index is 13.6. The van der Waals surface area contributed by atoms with Crippen molar-refractivity contribution in [3.8, 4) is 11.8 Å². The van der Waals surface area contributed by atoms with Gasteiger partial charge in [-0.3, -0.25) is 9.36 Å². The molecule has 0 amide bonds. The predicted molar refractivity (Wildman–Crippen MR) is 98.2 cm³/mol. The molecule has 27 heavy (non-hydrogen) atoms. The maximum Gasteiger partial charge on any atom is 0.261 e. The summed E-state index contributed by atoms with van der Waals surface area (Å²) in [6.45, 7) is 4.94. The van der Waals surface area contributed by atoms with E-state index < -0.39 is 11.8 Å². The Morgan fingerprint density at radius 1 is 1.19 bits per heavy atom. The van der Waals surface area contributed by atoms with E-state index in [-0.39, 0.29) is 16.5 Å². The number of nitrogens with zero attached hydrogens (tertiary/aromatic N) is 3. The second-order valence-electron chi connectivity index (χ2n) is 7.55. The Kier molecular flexibility index (Phi) is 4.03. The fraction of sp³-hybridized carbons (Fsp3) is 0.286. The Hall–Kier alpha value is -3.07. The molecule has 1 aliphatic heterocycles. The van der Waals surface area contributed by atoms with E-state index in [2.05, 4.69) is 35.7 Å². The molecule has 1 aliphatic rings. The highest BCUT2D eigenvalue weighted by Crippen LogP contribution is 2.29. The van der Waals surface area contributed by atoms with Crippen molar-refractivity contribution in [2.24, 2.45) is 5.41 Å². The minimum atomic E-state index is -0.788. The van der Waals surface area contributed by atoms with E-state index >= 15 is 0 Å². The summed E-state index contributed by atoms with van der Waals surface area (Å²) >= 11 is 0. The van der Waals surface area contributed by atoms with Gasteiger partial charge in [0.15, 0.2) is 5.82 Å². The van der Waals surface area contributed by atoms with Crippen LogP contribution >= 0.6 is 0 Å². The summed E-state index contributed by atoms with van der Waals surface area (Å²) in [5.41, 5.74) is 1.10. The molecule has 0 aliphatic carbocycles. The Labute approximate surface area is 154 Å². The molecule has 136 valence electrons. The van der Waals surface area contributed by atoms with Gasteiger partial charge in [0, 0.05) is 24.6 Å². The number of pyridine rings is 1. The van der Waals surface area contributed by atoms with E-state index in [1.165, 1.54) is 0 Å². The van der Waals surface area contributed by atoms with Crippen LogP contribution in [-0.2, 0) is 13.0 Å². The minimum absolute atomic E-state index is 0.0514. The first-order valence-corrected chi connectivity index (χ1v) is 8.69. The maximum absolute atomic E-state index is 13.6. The van der Waals surface area contributed by atoms with Crippen molar-refractivity contribution in [2.45, 2.75) is 33.2 Å². The smallest absolute Gasteiger partial charge is 0.261 e. The molecule has 2 aromatic heterocycles. The van der Waals surface area contributed by atoms with Crippen molar-refractivity contribution in [1.82, 2.24) is 14.5 Å². The van der Waals surface area contributed by atoms with Gasteiger partial charge in [0.1, 0.15) is 5.82 Å². The molecular formula is C21H17F2N3O. The first kappa shape index (κ1) is 17.3. The molecule has 0 N–H and O–H groups in total. The Morgan fingerprint density at radius 2 is 2.00 bits per heavy atom. The molecule has 6 heteroatoms. The molecule has 0 saturated carbocycles. The summed E-state index contributed by atoms with van der Waals surface area (Å²) < 4.78 is 28.5. The normalized spacial score (nSPS) is 15.1. The summed E-state index contributed by atoms with van der Waals surface area (Å²) in [4.78, 5) is 20.7. The molecule has 0 fully saturated rings. The highest BCUT2D eigenvalue weighted by atomic mass is 19.1. The molecule has 0 radical (unpaired) electrons. The second kappa shape index (κ2) is 6.27. The van der Waals surface area contributed by atoms with Gasteiger partial charge in [-0.2, -0.15) is 4.39 Å². The summed E-state index contributed by atoms with van der Waals surface area (Å²) in [7, 11) is 0. The van der Waals surface area contributed by atoms with Crippen LogP contribution in [0.4, 0.5) is 8.78 Å². The van der Waals surface area contributed by atoms with E-state index in [0.717, 1.165) is 30.9 Å². The number of halogens is 2. The van der Waals surface area contributed by atoms with E-state index in [1.807, 2.05) is 0 Å². The number of hydrogen-bond acceptors (Lipinski definition) is 3. The van der Waals surface area contributed by atoms with Crippen LogP contribution < -0.4 is 5.56 Å². The van der Waals surface area contributed by atoms with Crippen LogP contribution in [0, 0.1) is 29.0 Å². The zero-order valence-electron chi connectivity index (χ0n) is 15.0. The largest absolute Gasteiger partial charge is 0.296 e. The zero-order chi connectivity index (χ0) is 19.2. The van der Waals surface area contributed by atoms with E-state index in [4.69, 9.17) is 0 Å². The van der Waals surface area contributed by atoms with Gasteiger partial charge in [-0.05, 0) is 30.0 Å². The highest BCUT2D eigenvalue weighted by molar-refractivity contribution is 5.79. The summed E-state index contributed by atoms with van der Waals surface area (Å²) in [6.07, 6.45) is 2.52. The van der Waals surface area contributed by atoms with Crippen LogP contribution in [0.1, 0.15) is 37.2 Å². The Morgan fingerprint density at radius 3 is 2.81 bits per heavy atom. The van der Waals surface area contributed by atoms with E-state index in [0.29, 0.717) is 23.0 Å². The first-order valence-electron chi connectivity index (χ1n) is 8.69. The summed E-state index contributed by atoms with van der Waals surface area (Å²) in [6, 6.07) is 6.04. The molecule has 0 spiro atoms. The van der Waals surface area contributed by atoms with Crippen molar-refractivity contribution in [3.63, 3.8) is 0 Å². The number of hydrogen-bond donors (Lipinski definition) is 0. The van der Waals surface area contributed by atoms with E-state index in [9.17, 15) is 13.6 Å². The fourth-order valence-corrected chi connectivity index (χ4v) is 3.30. The van der Waals surface area contributed by atoms with Gasteiger partial charge in [-0.25, -0.2) is 14.4 Å². The lowest BCUT2D eigenvalue weighted by molar-refractivity contribution is 0.240. The van der Waals surface area contributed by atoms with Crippen LogP contribution in [0.15, 0.2) is 35.3 Å². The Bertz CT molecular complexity index is 1190. The average Bonchev–Trinajstić information content (AvgIpc) is 2.63. The van der Waals surface area contributed by atoms with Gasteiger partial charge < -0.3 is 0 Å². The van der Waals surface area contributed by atoms with Crippen LogP contribution in [0.25, 0.3) is 10.9 Å². The van der Waals surface area contributed by atoms with Crippen LogP contribution in [0.2, 0.25) is 0 Å². The molecule has 3 heterocycles. The fourth-order valence-electron chi connectivity index (χ4n) is 3.30. The molecule has 0 bridgehead atoms. The molecule has 0 atom stereocenters. The summed E-state index contributed by atoms with van der Waals surface area (Å²) in [5, 5.41) is 0.531. The third-order valence-corrected chi connectivity index (χ3v) is 4.81. The molecule has 4 nitrogen and oxygen atoms in total. The average molecular weight is 365 g/mol. The molecule has 0 saturated heterocycles. The number of benzene rings is 1. The van der Waals surface area contributed by atoms with E-state index in [1.54, 1.807) is 22.8 Å². The number of aryl methyl sites for hydroxylation is 1. The first-order chi connectivity index (χ1) is 12.8. The van der Waals surface area contributed by atoms with Crippen molar-refractivity contribution in [1.29, 1.82) is 0 Å². The van der Waals surface area contributed by atoms with Crippen molar-refractivity contribution in [3.05, 3.63) is 69.5 Å².